The van der Waals surface area contributed by atoms with Crippen molar-refractivity contribution in [2.75, 3.05) is 5.73 Å². The standard InChI is InChI=1S/C16H16Cl2N4O2/c17-11-4-2-10(15(18)14(11)16(20)24)3-6-13(23)22-8-9-1-5-12(19)21-7-9/h1-2,4-5,7H,3,6,8H2,(H2,19,21)(H2,20,24)(H,22,23). The van der Waals surface area contributed by atoms with Gasteiger partial charge < -0.3 is 16.8 Å². The van der Waals surface area contributed by atoms with Crippen LogP contribution in [0.3, 0.4) is 0 Å². The van der Waals surface area contributed by atoms with Gasteiger partial charge in [0.15, 0.2) is 0 Å². The highest BCUT2D eigenvalue weighted by Crippen LogP contribution is 2.28. The normalized spacial score (nSPS) is 10.4. The second-order valence-corrected chi connectivity index (χ2v) is 5.91. The summed E-state index contributed by atoms with van der Waals surface area (Å²) in [6.07, 6.45) is 2.18. The number of primary amides is 1. The van der Waals surface area contributed by atoms with Crippen LogP contribution in [0.5, 0.6) is 0 Å². The molecule has 2 amide bonds. The number of nitrogens with two attached hydrogens (primary N) is 2. The van der Waals surface area contributed by atoms with Crippen LogP contribution in [0.1, 0.15) is 27.9 Å². The predicted octanol–water partition coefficient (Wildman–Crippen LogP) is 2.32. The molecule has 0 bridgehead atoms. The average molecular weight is 367 g/mol. The third kappa shape index (κ3) is 4.59. The van der Waals surface area contributed by atoms with E-state index in [2.05, 4.69) is 10.3 Å². The quantitative estimate of drug-likeness (QED) is 0.727. The topological polar surface area (TPSA) is 111 Å². The van der Waals surface area contributed by atoms with Crippen molar-refractivity contribution in [2.45, 2.75) is 19.4 Å². The molecule has 0 aliphatic carbocycles. The Morgan fingerprint density at radius 2 is 1.92 bits per heavy atom. The lowest BCUT2D eigenvalue weighted by molar-refractivity contribution is -0.121. The molecule has 1 aromatic heterocycles. The van der Waals surface area contributed by atoms with E-state index in [4.69, 9.17) is 34.7 Å². The number of hydrogen-bond acceptors (Lipinski definition) is 4. The molecule has 2 aromatic rings. The van der Waals surface area contributed by atoms with E-state index in [1.165, 1.54) is 0 Å². The number of halogens is 2. The van der Waals surface area contributed by atoms with E-state index < -0.39 is 5.91 Å². The van der Waals surface area contributed by atoms with Gasteiger partial charge in [0.05, 0.1) is 15.6 Å². The lowest BCUT2D eigenvalue weighted by Crippen LogP contribution is -2.23. The first-order valence-electron chi connectivity index (χ1n) is 7.12. The molecule has 0 fully saturated rings. The third-order valence-electron chi connectivity index (χ3n) is 3.38. The van der Waals surface area contributed by atoms with Crippen molar-refractivity contribution in [1.82, 2.24) is 10.3 Å². The highest BCUT2D eigenvalue weighted by Gasteiger charge is 2.16. The second-order valence-electron chi connectivity index (χ2n) is 5.13. The molecule has 0 saturated heterocycles. The number of hydrogen-bond donors (Lipinski definition) is 3. The number of rotatable bonds is 6. The molecule has 1 heterocycles. The molecule has 6 nitrogen and oxygen atoms in total. The minimum Gasteiger partial charge on any atom is -0.384 e. The first-order chi connectivity index (χ1) is 11.4. The highest BCUT2D eigenvalue weighted by molar-refractivity contribution is 6.40. The minimum absolute atomic E-state index is 0.0733. The number of amides is 2. The second kappa shape index (κ2) is 7.99. The zero-order valence-electron chi connectivity index (χ0n) is 12.7. The van der Waals surface area contributed by atoms with Crippen LogP contribution in [0, 0.1) is 0 Å². The Kier molecular flexibility index (Phi) is 6.00. The van der Waals surface area contributed by atoms with Crippen LogP contribution in [0.4, 0.5) is 5.82 Å². The van der Waals surface area contributed by atoms with Crippen LogP contribution in [-0.2, 0) is 17.8 Å². The Labute approximate surface area is 149 Å². The Bertz CT molecular complexity index is 763. The molecule has 0 radical (unpaired) electrons. The van der Waals surface area contributed by atoms with Crippen molar-refractivity contribution in [3.8, 4) is 0 Å². The van der Waals surface area contributed by atoms with Crippen molar-refractivity contribution in [2.24, 2.45) is 5.73 Å². The zero-order valence-corrected chi connectivity index (χ0v) is 14.2. The summed E-state index contributed by atoms with van der Waals surface area (Å²) < 4.78 is 0. The summed E-state index contributed by atoms with van der Waals surface area (Å²) in [5.74, 6) is -0.432. The monoisotopic (exact) mass is 366 g/mol. The van der Waals surface area contributed by atoms with Gasteiger partial charge in [-0.05, 0) is 29.7 Å². The number of aryl methyl sites for hydroxylation is 1. The highest BCUT2D eigenvalue weighted by atomic mass is 35.5. The van der Waals surface area contributed by atoms with E-state index in [-0.39, 0.29) is 27.9 Å². The summed E-state index contributed by atoms with van der Waals surface area (Å²) in [5, 5.41) is 3.15. The fourth-order valence-electron chi connectivity index (χ4n) is 2.09. The smallest absolute Gasteiger partial charge is 0.251 e. The number of aromatic nitrogens is 1. The Morgan fingerprint density at radius 3 is 2.54 bits per heavy atom. The number of anilines is 1. The minimum atomic E-state index is -0.702. The van der Waals surface area contributed by atoms with Gasteiger partial charge >= 0.3 is 0 Å². The Balaban J connectivity index is 1.93. The Hall–Kier alpha value is -2.31. The molecule has 5 N–H and O–H groups in total. The fraction of sp³-hybridized carbons (Fsp3) is 0.188. The van der Waals surface area contributed by atoms with E-state index >= 15 is 0 Å². The molecule has 0 saturated carbocycles. The molecule has 0 aliphatic heterocycles. The number of carbonyl (C=O) groups is 2. The molecule has 1 aromatic carbocycles. The van der Waals surface area contributed by atoms with E-state index in [1.807, 2.05) is 0 Å². The largest absolute Gasteiger partial charge is 0.384 e. The van der Waals surface area contributed by atoms with Gasteiger partial charge in [0, 0.05) is 19.2 Å². The number of pyridine rings is 1. The molecule has 0 unspecified atom stereocenters. The number of nitrogen functional groups attached to an aromatic ring is 1. The van der Waals surface area contributed by atoms with Crippen LogP contribution < -0.4 is 16.8 Å². The van der Waals surface area contributed by atoms with Gasteiger partial charge in [0.2, 0.25) is 5.91 Å². The van der Waals surface area contributed by atoms with Crippen LogP contribution in [0.25, 0.3) is 0 Å². The zero-order chi connectivity index (χ0) is 17.7. The number of carbonyl (C=O) groups excluding carboxylic acids is 2. The first kappa shape index (κ1) is 18.0. The van der Waals surface area contributed by atoms with Crippen molar-refractivity contribution in [1.29, 1.82) is 0 Å². The van der Waals surface area contributed by atoms with E-state index in [0.29, 0.717) is 24.3 Å². The number of nitrogens with one attached hydrogen (secondary N) is 1. The molecular weight excluding hydrogens is 351 g/mol. The maximum absolute atomic E-state index is 11.9. The van der Waals surface area contributed by atoms with Crippen LogP contribution in [-0.4, -0.2) is 16.8 Å². The van der Waals surface area contributed by atoms with Gasteiger partial charge in [-0.2, -0.15) is 0 Å². The summed E-state index contributed by atoms with van der Waals surface area (Å²) in [6, 6.07) is 6.67. The average Bonchev–Trinajstić information content (AvgIpc) is 2.53. The maximum Gasteiger partial charge on any atom is 0.251 e. The molecular formula is C16H16Cl2N4O2. The van der Waals surface area contributed by atoms with Gasteiger partial charge in [-0.3, -0.25) is 9.59 Å². The van der Waals surface area contributed by atoms with Crippen LogP contribution >= 0.6 is 23.2 Å². The third-order valence-corrected chi connectivity index (χ3v) is 4.12. The lowest BCUT2D eigenvalue weighted by Gasteiger charge is -2.10. The van der Waals surface area contributed by atoms with Crippen molar-refractivity contribution >= 4 is 40.8 Å². The summed E-state index contributed by atoms with van der Waals surface area (Å²) in [5.41, 5.74) is 12.3. The molecule has 126 valence electrons. The van der Waals surface area contributed by atoms with Gasteiger partial charge in [0.25, 0.3) is 5.91 Å². The number of nitrogens with zero attached hydrogens (tertiary/aromatic N) is 1. The molecule has 0 atom stereocenters. The SMILES string of the molecule is NC(=O)c1c(Cl)ccc(CCC(=O)NCc2ccc(N)nc2)c1Cl. The van der Waals surface area contributed by atoms with Gasteiger partial charge in [-0.25, -0.2) is 4.98 Å². The molecule has 0 aliphatic rings. The van der Waals surface area contributed by atoms with Crippen molar-refractivity contribution in [3.63, 3.8) is 0 Å². The summed E-state index contributed by atoms with van der Waals surface area (Å²) >= 11 is 12.1. The molecule has 0 spiro atoms. The molecule has 8 heteroatoms. The molecule has 2 rings (SSSR count). The van der Waals surface area contributed by atoms with Gasteiger partial charge in [0.1, 0.15) is 5.82 Å². The maximum atomic E-state index is 11.9. The van der Waals surface area contributed by atoms with Crippen LogP contribution in [0.2, 0.25) is 10.0 Å². The van der Waals surface area contributed by atoms with E-state index in [9.17, 15) is 9.59 Å². The Morgan fingerprint density at radius 1 is 1.17 bits per heavy atom. The summed E-state index contributed by atoms with van der Waals surface area (Å²) in [4.78, 5) is 27.3. The predicted molar refractivity (Wildman–Crippen MR) is 93.8 cm³/mol. The summed E-state index contributed by atoms with van der Waals surface area (Å²) in [7, 11) is 0. The van der Waals surface area contributed by atoms with Gasteiger partial charge in [-0.1, -0.05) is 35.3 Å². The van der Waals surface area contributed by atoms with E-state index in [1.54, 1.807) is 30.5 Å². The summed E-state index contributed by atoms with van der Waals surface area (Å²) in [6.45, 7) is 0.354. The molecule has 24 heavy (non-hydrogen) atoms. The van der Waals surface area contributed by atoms with Gasteiger partial charge in [-0.15, -0.1) is 0 Å². The number of benzene rings is 1. The van der Waals surface area contributed by atoms with Crippen LogP contribution in [0.15, 0.2) is 30.5 Å². The fourth-order valence-corrected chi connectivity index (χ4v) is 2.74. The van der Waals surface area contributed by atoms with Crippen molar-refractivity contribution in [3.05, 3.63) is 57.2 Å². The van der Waals surface area contributed by atoms with E-state index in [0.717, 1.165) is 5.56 Å². The lowest BCUT2D eigenvalue weighted by atomic mass is 10.1. The first-order valence-corrected chi connectivity index (χ1v) is 7.88. The van der Waals surface area contributed by atoms with Crippen molar-refractivity contribution < 1.29 is 9.59 Å².